The Kier molecular flexibility index (Phi) is 1.92. The lowest BCUT2D eigenvalue weighted by Gasteiger charge is -1.93. The van der Waals surface area contributed by atoms with Crippen LogP contribution < -0.4 is 0 Å². The molecule has 2 aromatic rings. The van der Waals surface area contributed by atoms with Gasteiger partial charge in [-0.1, -0.05) is 30.3 Å². The quantitative estimate of drug-likeness (QED) is 0.651. The Bertz CT molecular complexity index is 392. The van der Waals surface area contributed by atoms with Crippen molar-refractivity contribution in [3.8, 4) is 0 Å². The van der Waals surface area contributed by atoms with Crippen molar-refractivity contribution < 1.29 is 9.21 Å². The van der Waals surface area contributed by atoms with Crippen LogP contribution in [0.1, 0.15) is 16.2 Å². The predicted molar refractivity (Wildman–Crippen MR) is 46.4 cm³/mol. The molecule has 0 fully saturated rings. The molecule has 0 unspecified atom stereocenters. The van der Waals surface area contributed by atoms with Gasteiger partial charge in [0.25, 0.3) is 5.89 Å². The van der Waals surface area contributed by atoms with Crippen LogP contribution in [0.4, 0.5) is 0 Å². The second-order valence-corrected chi connectivity index (χ2v) is 2.53. The molecule has 0 radical (unpaired) electrons. The molecule has 0 saturated carbocycles. The maximum atomic E-state index is 11.6. The molecule has 0 saturated heterocycles. The van der Waals surface area contributed by atoms with Gasteiger partial charge in [0, 0.05) is 5.56 Å². The summed E-state index contributed by atoms with van der Waals surface area (Å²) in [5, 5.41) is 0. The zero-order chi connectivity index (χ0) is 9.10. The van der Waals surface area contributed by atoms with E-state index in [-0.39, 0.29) is 11.7 Å². The van der Waals surface area contributed by atoms with Gasteiger partial charge in [0.05, 0.1) is 6.20 Å². The molecule has 0 aliphatic rings. The number of oxazole rings is 1. The van der Waals surface area contributed by atoms with E-state index < -0.39 is 0 Å². The molecular weight excluding hydrogens is 166 g/mol. The first-order chi connectivity index (χ1) is 6.38. The zero-order valence-electron chi connectivity index (χ0n) is 6.81. The van der Waals surface area contributed by atoms with Crippen LogP contribution in [0.5, 0.6) is 0 Å². The first-order valence-electron chi connectivity index (χ1n) is 3.87. The summed E-state index contributed by atoms with van der Waals surface area (Å²) in [5.74, 6) is -0.0585. The zero-order valence-corrected chi connectivity index (χ0v) is 6.81. The minimum absolute atomic E-state index is 0.131. The largest absolute Gasteiger partial charge is 0.442 e. The van der Waals surface area contributed by atoms with Crippen LogP contribution in [0, 0.1) is 0 Å². The van der Waals surface area contributed by atoms with Gasteiger partial charge in [0.2, 0.25) is 5.78 Å². The molecule has 3 nitrogen and oxygen atoms in total. The number of carbonyl (C=O) groups is 1. The average molecular weight is 173 g/mol. The van der Waals surface area contributed by atoms with Crippen molar-refractivity contribution in [2.24, 2.45) is 0 Å². The number of aromatic nitrogens is 1. The maximum absolute atomic E-state index is 11.6. The van der Waals surface area contributed by atoms with Crippen molar-refractivity contribution in [3.63, 3.8) is 0 Å². The molecular formula is C10H7NO2. The van der Waals surface area contributed by atoms with Crippen molar-refractivity contribution in [1.82, 2.24) is 4.98 Å². The lowest BCUT2D eigenvalue weighted by atomic mass is 10.1. The Hall–Kier alpha value is -1.90. The summed E-state index contributed by atoms with van der Waals surface area (Å²) >= 11 is 0. The maximum Gasteiger partial charge on any atom is 0.268 e. The van der Waals surface area contributed by atoms with Crippen LogP contribution in [-0.2, 0) is 0 Å². The summed E-state index contributed by atoms with van der Waals surface area (Å²) in [6, 6.07) is 8.91. The number of nitrogens with zero attached hydrogens (tertiary/aromatic N) is 1. The smallest absolute Gasteiger partial charge is 0.268 e. The molecule has 13 heavy (non-hydrogen) atoms. The number of rotatable bonds is 2. The van der Waals surface area contributed by atoms with Crippen molar-refractivity contribution >= 4 is 5.78 Å². The fourth-order valence-corrected chi connectivity index (χ4v) is 1.05. The summed E-state index contributed by atoms with van der Waals surface area (Å²) < 4.78 is 4.89. The monoisotopic (exact) mass is 173 g/mol. The molecule has 1 aromatic carbocycles. The number of ketones is 1. The molecule has 0 atom stereocenters. The topological polar surface area (TPSA) is 43.1 Å². The third-order valence-corrected chi connectivity index (χ3v) is 1.66. The van der Waals surface area contributed by atoms with Crippen molar-refractivity contribution in [2.45, 2.75) is 0 Å². The number of benzene rings is 1. The fraction of sp³-hybridized carbons (Fsp3) is 0. The first kappa shape index (κ1) is 7.73. The van der Waals surface area contributed by atoms with E-state index in [0.717, 1.165) is 0 Å². The Morgan fingerprint density at radius 2 is 2.00 bits per heavy atom. The Balaban J connectivity index is 2.34. The molecule has 0 aliphatic heterocycles. The Morgan fingerprint density at radius 3 is 2.62 bits per heavy atom. The van der Waals surface area contributed by atoms with Crippen molar-refractivity contribution in [2.75, 3.05) is 0 Å². The van der Waals surface area contributed by atoms with Gasteiger partial charge in [0.1, 0.15) is 6.26 Å². The predicted octanol–water partition coefficient (Wildman–Crippen LogP) is 1.91. The van der Waals surface area contributed by atoms with Crippen molar-refractivity contribution in [1.29, 1.82) is 0 Å². The highest BCUT2D eigenvalue weighted by Gasteiger charge is 2.11. The number of carbonyl (C=O) groups excluding carboxylic acids is 1. The van der Waals surface area contributed by atoms with Crippen LogP contribution in [0.2, 0.25) is 0 Å². The molecule has 0 aliphatic carbocycles. The van der Waals surface area contributed by atoms with Gasteiger partial charge in [-0.05, 0) is 0 Å². The second-order valence-electron chi connectivity index (χ2n) is 2.53. The molecule has 1 heterocycles. The van der Waals surface area contributed by atoms with Gasteiger partial charge in [-0.2, -0.15) is 0 Å². The number of hydrogen-bond acceptors (Lipinski definition) is 3. The van der Waals surface area contributed by atoms with Gasteiger partial charge in [0.15, 0.2) is 0 Å². The van der Waals surface area contributed by atoms with Gasteiger partial charge in [-0.15, -0.1) is 0 Å². The normalized spacial score (nSPS) is 9.85. The van der Waals surface area contributed by atoms with E-state index in [2.05, 4.69) is 4.98 Å². The van der Waals surface area contributed by atoms with E-state index in [4.69, 9.17) is 4.42 Å². The third-order valence-electron chi connectivity index (χ3n) is 1.66. The SMILES string of the molecule is O=C(c1ccccc1)c1ncco1. The van der Waals surface area contributed by atoms with Gasteiger partial charge < -0.3 is 4.42 Å². The molecule has 2 rings (SSSR count). The average Bonchev–Trinajstić information content (AvgIpc) is 2.71. The lowest BCUT2D eigenvalue weighted by molar-refractivity contribution is 0.100. The lowest BCUT2D eigenvalue weighted by Crippen LogP contribution is -2.00. The highest BCUT2D eigenvalue weighted by atomic mass is 16.3. The molecule has 0 spiro atoms. The van der Waals surface area contributed by atoms with Crippen LogP contribution in [-0.4, -0.2) is 10.8 Å². The van der Waals surface area contributed by atoms with Crippen LogP contribution in [0.15, 0.2) is 47.2 Å². The molecule has 64 valence electrons. The minimum atomic E-state index is -0.189. The minimum Gasteiger partial charge on any atom is -0.442 e. The second kappa shape index (κ2) is 3.23. The standard InChI is InChI=1S/C10H7NO2/c12-9(10-11-6-7-13-10)8-4-2-1-3-5-8/h1-7H. The Morgan fingerprint density at radius 1 is 1.23 bits per heavy atom. The van der Waals surface area contributed by atoms with Crippen LogP contribution in [0.25, 0.3) is 0 Å². The molecule has 0 bridgehead atoms. The third kappa shape index (κ3) is 1.49. The van der Waals surface area contributed by atoms with E-state index in [1.54, 1.807) is 24.3 Å². The van der Waals surface area contributed by atoms with Crippen LogP contribution in [0.3, 0.4) is 0 Å². The van der Waals surface area contributed by atoms with E-state index >= 15 is 0 Å². The molecule has 3 heteroatoms. The highest BCUT2D eigenvalue weighted by Crippen LogP contribution is 2.06. The van der Waals surface area contributed by atoms with E-state index in [9.17, 15) is 4.79 Å². The summed E-state index contributed by atoms with van der Waals surface area (Å²) in [7, 11) is 0. The van der Waals surface area contributed by atoms with Gasteiger partial charge in [-0.25, -0.2) is 4.98 Å². The summed E-state index contributed by atoms with van der Waals surface area (Å²) in [6.07, 6.45) is 2.84. The highest BCUT2D eigenvalue weighted by molar-refractivity contribution is 6.05. The molecule has 0 N–H and O–H groups in total. The summed E-state index contributed by atoms with van der Waals surface area (Å²) in [5.41, 5.74) is 0.588. The van der Waals surface area contributed by atoms with E-state index in [1.165, 1.54) is 12.5 Å². The summed E-state index contributed by atoms with van der Waals surface area (Å²) in [6.45, 7) is 0. The van der Waals surface area contributed by atoms with Crippen molar-refractivity contribution in [3.05, 3.63) is 54.2 Å². The summed E-state index contributed by atoms with van der Waals surface area (Å²) in [4.78, 5) is 15.3. The van der Waals surface area contributed by atoms with Gasteiger partial charge in [-0.3, -0.25) is 4.79 Å². The fourth-order valence-electron chi connectivity index (χ4n) is 1.05. The van der Waals surface area contributed by atoms with E-state index in [0.29, 0.717) is 5.56 Å². The van der Waals surface area contributed by atoms with Gasteiger partial charge >= 0.3 is 0 Å². The number of hydrogen-bond donors (Lipinski definition) is 0. The van der Waals surface area contributed by atoms with Crippen LogP contribution >= 0.6 is 0 Å². The molecule has 1 aromatic heterocycles. The molecule has 0 amide bonds. The first-order valence-corrected chi connectivity index (χ1v) is 3.87. The Labute approximate surface area is 75.0 Å². The van der Waals surface area contributed by atoms with E-state index in [1.807, 2.05) is 6.07 Å².